The van der Waals surface area contributed by atoms with Gasteiger partial charge in [0.15, 0.2) is 0 Å². The van der Waals surface area contributed by atoms with E-state index in [0.717, 1.165) is 39.1 Å². The number of piperazine rings is 1. The van der Waals surface area contributed by atoms with E-state index < -0.39 is 11.9 Å². The lowest BCUT2D eigenvalue weighted by Crippen LogP contribution is -2.53. The number of urea groups is 1. The third kappa shape index (κ3) is 3.72. The summed E-state index contributed by atoms with van der Waals surface area (Å²) in [5, 5.41) is 11.8. The first kappa shape index (κ1) is 14.8. The summed E-state index contributed by atoms with van der Waals surface area (Å²) in [6.45, 7) is 6.56. The minimum Gasteiger partial charge on any atom is -0.481 e. The summed E-state index contributed by atoms with van der Waals surface area (Å²) < 4.78 is 0. The van der Waals surface area contributed by atoms with Crippen molar-refractivity contribution in [3.8, 4) is 0 Å². The number of hydrogen-bond donors (Lipinski definition) is 2. The van der Waals surface area contributed by atoms with Gasteiger partial charge in [0.05, 0.1) is 12.0 Å². The lowest BCUT2D eigenvalue weighted by Gasteiger charge is -2.35. The van der Waals surface area contributed by atoms with Gasteiger partial charge in [-0.25, -0.2) is 4.79 Å². The summed E-state index contributed by atoms with van der Waals surface area (Å²) in [5.41, 5.74) is 0. The summed E-state index contributed by atoms with van der Waals surface area (Å²) in [5.74, 6) is -1.30. The van der Waals surface area contributed by atoms with Gasteiger partial charge in [0, 0.05) is 26.2 Å². The van der Waals surface area contributed by atoms with Crippen LogP contribution in [-0.2, 0) is 4.79 Å². The average molecular weight is 281 g/mol. The lowest BCUT2D eigenvalue weighted by molar-refractivity contribution is -0.140. The van der Waals surface area contributed by atoms with Crippen molar-refractivity contribution in [2.75, 3.05) is 32.7 Å². The van der Waals surface area contributed by atoms with Gasteiger partial charge in [-0.3, -0.25) is 9.69 Å². The smallest absolute Gasteiger partial charge is 0.317 e. The predicted molar refractivity (Wildman–Crippen MR) is 75.5 cm³/mol. The van der Waals surface area contributed by atoms with E-state index in [1.807, 2.05) is 4.90 Å². The Kier molecular flexibility index (Phi) is 5.00. The molecule has 2 atom stereocenters. The fourth-order valence-corrected chi connectivity index (χ4v) is 2.73. The molecule has 2 amide bonds. The van der Waals surface area contributed by atoms with Crippen molar-refractivity contribution >= 4 is 12.0 Å². The molecule has 6 heteroatoms. The molecular weight excluding hydrogens is 258 g/mol. The van der Waals surface area contributed by atoms with Gasteiger partial charge in [0.1, 0.15) is 0 Å². The van der Waals surface area contributed by atoms with Crippen molar-refractivity contribution in [3.05, 3.63) is 12.2 Å². The molecule has 20 heavy (non-hydrogen) atoms. The maximum Gasteiger partial charge on any atom is 0.317 e. The number of amides is 2. The fourth-order valence-electron chi connectivity index (χ4n) is 2.73. The Bertz CT molecular complexity index is 389. The molecule has 1 saturated heterocycles. The topological polar surface area (TPSA) is 72.9 Å². The Hall–Kier alpha value is -1.56. The highest BCUT2D eigenvalue weighted by atomic mass is 16.4. The molecule has 0 bridgehead atoms. The van der Waals surface area contributed by atoms with E-state index in [1.165, 1.54) is 0 Å². The number of nitrogens with one attached hydrogen (secondary N) is 1. The Morgan fingerprint density at radius 1 is 1.25 bits per heavy atom. The van der Waals surface area contributed by atoms with Crippen LogP contribution < -0.4 is 5.32 Å². The van der Waals surface area contributed by atoms with Crippen molar-refractivity contribution in [1.82, 2.24) is 15.1 Å². The summed E-state index contributed by atoms with van der Waals surface area (Å²) in [7, 11) is 0. The first-order chi connectivity index (χ1) is 9.60. The van der Waals surface area contributed by atoms with Crippen molar-refractivity contribution in [3.63, 3.8) is 0 Å². The number of carboxylic acids is 1. The van der Waals surface area contributed by atoms with Gasteiger partial charge in [-0.1, -0.05) is 19.1 Å². The van der Waals surface area contributed by atoms with Crippen molar-refractivity contribution in [1.29, 1.82) is 0 Å². The number of nitrogens with zero attached hydrogens (tertiary/aromatic N) is 2. The molecule has 1 aliphatic heterocycles. The second-order valence-electron chi connectivity index (χ2n) is 5.45. The third-order valence-electron chi connectivity index (χ3n) is 3.91. The van der Waals surface area contributed by atoms with Crippen LogP contribution in [0.15, 0.2) is 12.2 Å². The van der Waals surface area contributed by atoms with Crippen LogP contribution in [0.4, 0.5) is 4.79 Å². The highest BCUT2D eigenvalue weighted by Crippen LogP contribution is 2.18. The zero-order valence-electron chi connectivity index (χ0n) is 11.9. The second kappa shape index (κ2) is 6.74. The van der Waals surface area contributed by atoms with E-state index in [4.69, 9.17) is 5.11 Å². The average Bonchev–Trinajstić information content (AvgIpc) is 2.88. The molecule has 1 fully saturated rings. The normalized spacial score (nSPS) is 26.8. The molecule has 0 radical (unpaired) electrons. The van der Waals surface area contributed by atoms with Gasteiger partial charge >= 0.3 is 12.0 Å². The monoisotopic (exact) mass is 281 g/mol. The van der Waals surface area contributed by atoms with E-state index in [-0.39, 0.29) is 12.1 Å². The molecule has 0 aromatic heterocycles. The van der Waals surface area contributed by atoms with Crippen LogP contribution >= 0.6 is 0 Å². The number of carboxylic acid groups (broad SMARTS) is 1. The third-order valence-corrected chi connectivity index (χ3v) is 3.91. The van der Waals surface area contributed by atoms with Crippen LogP contribution in [0.1, 0.15) is 19.8 Å². The Balaban J connectivity index is 1.74. The standard InChI is InChI=1S/C14H23N3O3/c1-2-5-16-6-8-17(9-7-16)14(20)15-12-4-3-11(10-12)13(18)19/h3-4,11-12H,2,5-10H2,1H3,(H,15,20)(H,18,19). The SMILES string of the molecule is CCCN1CCN(C(=O)NC2C=CC(C(=O)O)C2)CC1. The quantitative estimate of drug-likeness (QED) is 0.746. The molecular formula is C14H23N3O3. The molecule has 2 rings (SSSR count). The minimum atomic E-state index is -0.828. The van der Waals surface area contributed by atoms with E-state index in [2.05, 4.69) is 17.1 Å². The van der Waals surface area contributed by atoms with Crippen LogP contribution in [-0.4, -0.2) is 65.7 Å². The molecule has 112 valence electrons. The number of aliphatic carboxylic acids is 1. The van der Waals surface area contributed by atoms with Crippen LogP contribution in [0.3, 0.4) is 0 Å². The van der Waals surface area contributed by atoms with Gasteiger partial charge in [-0.15, -0.1) is 0 Å². The van der Waals surface area contributed by atoms with E-state index in [1.54, 1.807) is 12.2 Å². The molecule has 0 spiro atoms. The summed E-state index contributed by atoms with van der Waals surface area (Å²) in [6, 6.07) is -0.237. The van der Waals surface area contributed by atoms with Crippen LogP contribution in [0.2, 0.25) is 0 Å². The molecule has 6 nitrogen and oxygen atoms in total. The maximum absolute atomic E-state index is 12.1. The maximum atomic E-state index is 12.1. The highest BCUT2D eigenvalue weighted by Gasteiger charge is 2.27. The number of rotatable bonds is 4. The first-order valence-corrected chi connectivity index (χ1v) is 7.29. The molecule has 1 heterocycles. The summed E-state index contributed by atoms with van der Waals surface area (Å²) >= 11 is 0. The first-order valence-electron chi connectivity index (χ1n) is 7.29. The van der Waals surface area contributed by atoms with Crippen molar-refractivity contribution in [2.45, 2.75) is 25.8 Å². The Morgan fingerprint density at radius 3 is 2.50 bits per heavy atom. The number of carbonyl (C=O) groups is 2. The molecule has 0 aromatic carbocycles. The molecule has 1 aliphatic carbocycles. The van der Waals surface area contributed by atoms with Gasteiger partial charge in [-0.05, 0) is 19.4 Å². The summed E-state index contributed by atoms with van der Waals surface area (Å²) in [4.78, 5) is 27.1. The Morgan fingerprint density at radius 2 is 1.95 bits per heavy atom. The van der Waals surface area contributed by atoms with Gasteiger partial charge in [0.25, 0.3) is 0 Å². The minimum absolute atomic E-state index is 0.0816. The second-order valence-corrected chi connectivity index (χ2v) is 5.45. The van der Waals surface area contributed by atoms with E-state index in [9.17, 15) is 9.59 Å². The van der Waals surface area contributed by atoms with E-state index in [0.29, 0.717) is 6.42 Å². The predicted octanol–water partition coefficient (Wildman–Crippen LogP) is 0.753. The zero-order valence-corrected chi connectivity index (χ0v) is 11.9. The number of hydrogen-bond acceptors (Lipinski definition) is 3. The zero-order chi connectivity index (χ0) is 14.5. The van der Waals surface area contributed by atoms with Crippen LogP contribution in [0.25, 0.3) is 0 Å². The van der Waals surface area contributed by atoms with Gasteiger partial charge in [-0.2, -0.15) is 0 Å². The van der Waals surface area contributed by atoms with Crippen LogP contribution in [0.5, 0.6) is 0 Å². The molecule has 0 saturated carbocycles. The Labute approximate surface area is 119 Å². The van der Waals surface area contributed by atoms with E-state index >= 15 is 0 Å². The lowest BCUT2D eigenvalue weighted by atomic mass is 10.1. The fraction of sp³-hybridized carbons (Fsp3) is 0.714. The molecule has 2 unspecified atom stereocenters. The van der Waals surface area contributed by atoms with Crippen molar-refractivity contribution in [2.24, 2.45) is 5.92 Å². The molecule has 0 aromatic rings. The number of carbonyl (C=O) groups excluding carboxylic acids is 1. The highest BCUT2D eigenvalue weighted by molar-refractivity contribution is 5.76. The van der Waals surface area contributed by atoms with Gasteiger partial charge in [0.2, 0.25) is 0 Å². The van der Waals surface area contributed by atoms with Gasteiger partial charge < -0.3 is 15.3 Å². The van der Waals surface area contributed by atoms with Crippen molar-refractivity contribution < 1.29 is 14.7 Å². The molecule has 2 N–H and O–H groups in total. The summed E-state index contributed by atoms with van der Waals surface area (Å²) in [6.07, 6.45) is 5.03. The molecule has 2 aliphatic rings. The van der Waals surface area contributed by atoms with Crippen LogP contribution in [0, 0.1) is 5.92 Å². The largest absolute Gasteiger partial charge is 0.481 e.